The van der Waals surface area contributed by atoms with Gasteiger partial charge in [0.15, 0.2) is 22.4 Å². The maximum absolute atomic E-state index is 12.5. The number of fused-ring (bicyclic) bond motifs is 1. The van der Waals surface area contributed by atoms with Crippen molar-refractivity contribution in [1.82, 2.24) is 0 Å². The topological polar surface area (TPSA) is 59.6 Å². The van der Waals surface area contributed by atoms with Gasteiger partial charge in [-0.1, -0.05) is 23.8 Å². The Kier molecular flexibility index (Phi) is 6.21. The third-order valence-electron chi connectivity index (χ3n) is 4.47. The van der Waals surface area contributed by atoms with Crippen LogP contribution in [0, 0.1) is 6.92 Å². The molecule has 5 nitrogen and oxygen atoms in total. The standard InChI is InChI=1S/C23H20N2O3S2/c1-15-5-8-17(9-6-15)24-23(29)25-18-3-2-4-19(12-18)30-13-20(26)16-7-10-21-22(11-16)28-14-27-21/h2-12H,13-14H2,1H3,(H2,24,25,29). The minimum absolute atomic E-state index is 0.0354. The molecule has 0 aromatic heterocycles. The average Bonchev–Trinajstić information content (AvgIpc) is 3.22. The highest BCUT2D eigenvalue weighted by atomic mass is 32.2. The number of anilines is 2. The van der Waals surface area contributed by atoms with E-state index in [1.165, 1.54) is 17.3 Å². The molecule has 152 valence electrons. The predicted molar refractivity (Wildman–Crippen MR) is 125 cm³/mol. The molecule has 30 heavy (non-hydrogen) atoms. The lowest BCUT2D eigenvalue weighted by Crippen LogP contribution is -2.18. The molecular formula is C23H20N2O3S2. The third-order valence-corrected chi connectivity index (χ3v) is 5.66. The molecule has 0 radical (unpaired) electrons. The number of carbonyl (C=O) groups excluding carboxylic acids is 1. The van der Waals surface area contributed by atoms with E-state index in [0.29, 0.717) is 27.9 Å². The molecular weight excluding hydrogens is 416 g/mol. The highest BCUT2D eigenvalue weighted by Crippen LogP contribution is 2.33. The highest BCUT2D eigenvalue weighted by molar-refractivity contribution is 8.00. The smallest absolute Gasteiger partial charge is 0.231 e. The fraction of sp³-hybridized carbons (Fsp3) is 0.130. The minimum atomic E-state index is 0.0354. The zero-order valence-electron chi connectivity index (χ0n) is 16.3. The zero-order valence-corrected chi connectivity index (χ0v) is 17.9. The number of nitrogens with one attached hydrogen (secondary N) is 2. The van der Waals surface area contributed by atoms with E-state index in [1.807, 2.05) is 55.5 Å². The van der Waals surface area contributed by atoms with Crippen molar-refractivity contribution >= 4 is 46.3 Å². The Balaban J connectivity index is 1.33. The Labute approximate surface area is 184 Å². The largest absolute Gasteiger partial charge is 0.454 e. The summed E-state index contributed by atoms with van der Waals surface area (Å²) >= 11 is 6.88. The van der Waals surface area contributed by atoms with E-state index >= 15 is 0 Å². The normalized spacial score (nSPS) is 11.8. The molecule has 7 heteroatoms. The van der Waals surface area contributed by atoms with Crippen molar-refractivity contribution in [1.29, 1.82) is 0 Å². The second kappa shape index (κ2) is 9.19. The lowest BCUT2D eigenvalue weighted by Gasteiger charge is -2.11. The van der Waals surface area contributed by atoms with Gasteiger partial charge in [0, 0.05) is 21.8 Å². The molecule has 1 aliphatic rings. The van der Waals surface area contributed by atoms with Crippen molar-refractivity contribution in [3.05, 3.63) is 77.9 Å². The van der Waals surface area contributed by atoms with Gasteiger partial charge in [-0.15, -0.1) is 11.8 Å². The van der Waals surface area contributed by atoms with E-state index in [2.05, 4.69) is 10.6 Å². The zero-order chi connectivity index (χ0) is 20.9. The average molecular weight is 437 g/mol. The molecule has 0 saturated carbocycles. The number of thioether (sulfide) groups is 1. The summed E-state index contributed by atoms with van der Waals surface area (Å²) in [5.74, 6) is 1.66. The molecule has 2 N–H and O–H groups in total. The molecule has 0 bridgehead atoms. The summed E-state index contributed by atoms with van der Waals surface area (Å²) < 4.78 is 10.6. The van der Waals surface area contributed by atoms with Crippen molar-refractivity contribution < 1.29 is 14.3 Å². The number of benzene rings is 3. The molecule has 0 aliphatic carbocycles. The van der Waals surface area contributed by atoms with Crippen LogP contribution in [-0.2, 0) is 0 Å². The molecule has 0 amide bonds. The lowest BCUT2D eigenvalue weighted by atomic mass is 10.1. The van der Waals surface area contributed by atoms with E-state index in [9.17, 15) is 4.79 Å². The first kappa shape index (κ1) is 20.3. The van der Waals surface area contributed by atoms with Crippen molar-refractivity contribution in [2.24, 2.45) is 0 Å². The molecule has 0 saturated heterocycles. The monoisotopic (exact) mass is 436 g/mol. The van der Waals surface area contributed by atoms with Gasteiger partial charge in [-0.25, -0.2) is 0 Å². The van der Waals surface area contributed by atoms with Gasteiger partial charge < -0.3 is 20.1 Å². The Bertz CT molecular complexity index is 1080. The summed E-state index contributed by atoms with van der Waals surface area (Å²) in [7, 11) is 0. The number of carbonyl (C=O) groups is 1. The molecule has 3 aromatic rings. The molecule has 1 heterocycles. The summed E-state index contributed by atoms with van der Waals surface area (Å²) in [6.07, 6.45) is 0. The number of aryl methyl sites for hydroxylation is 1. The van der Waals surface area contributed by atoms with Crippen LogP contribution >= 0.6 is 24.0 Å². The Hall–Kier alpha value is -3.03. The lowest BCUT2D eigenvalue weighted by molar-refractivity contribution is 0.102. The van der Waals surface area contributed by atoms with Gasteiger partial charge in [-0.2, -0.15) is 0 Å². The predicted octanol–water partition coefficient (Wildman–Crippen LogP) is 5.51. The quantitative estimate of drug-likeness (QED) is 0.300. The maximum atomic E-state index is 12.5. The summed E-state index contributed by atoms with van der Waals surface area (Å²) in [4.78, 5) is 13.5. The van der Waals surface area contributed by atoms with E-state index in [1.54, 1.807) is 18.2 Å². The van der Waals surface area contributed by atoms with Gasteiger partial charge in [0.05, 0.1) is 5.75 Å². The van der Waals surface area contributed by atoms with Crippen molar-refractivity contribution in [2.75, 3.05) is 23.2 Å². The van der Waals surface area contributed by atoms with E-state index in [0.717, 1.165) is 16.3 Å². The van der Waals surface area contributed by atoms with E-state index in [4.69, 9.17) is 21.7 Å². The number of Topliss-reactive ketones (excluding diaryl/α,β-unsaturated/α-hetero) is 1. The van der Waals surface area contributed by atoms with Crippen LogP contribution in [0.5, 0.6) is 11.5 Å². The molecule has 0 atom stereocenters. The first-order chi connectivity index (χ1) is 14.6. The summed E-state index contributed by atoms with van der Waals surface area (Å²) in [6, 6.07) is 21.1. The number of ether oxygens (including phenoxy) is 2. The highest BCUT2D eigenvalue weighted by Gasteiger charge is 2.16. The van der Waals surface area contributed by atoms with Crippen LogP contribution in [0.2, 0.25) is 0 Å². The first-order valence-corrected chi connectivity index (χ1v) is 10.8. The van der Waals surface area contributed by atoms with Crippen molar-refractivity contribution in [3.8, 4) is 11.5 Å². The Morgan fingerprint density at radius 2 is 1.73 bits per heavy atom. The van der Waals surface area contributed by atoms with Crippen LogP contribution in [0.1, 0.15) is 15.9 Å². The Morgan fingerprint density at radius 3 is 2.57 bits per heavy atom. The van der Waals surface area contributed by atoms with Crippen molar-refractivity contribution in [2.45, 2.75) is 11.8 Å². The summed E-state index contributed by atoms with van der Waals surface area (Å²) in [5, 5.41) is 6.86. The fourth-order valence-electron chi connectivity index (χ4n) is 2.90. The van der Waals surface area contributed by atoms with Crippen LogP contribution in [0.4, 0.5) is 11.4 Å². The molecule has 4 rings (SSSR count). The van der Waals surface area contributed by atoms with Gasteiger partial charge in [0.1, 0.15) is 0 Å². The van der Waals surface area contributed by atoms with Gasteiger partial charge in [-0.3, -0.25) is 4.79 Å². The SMILES string of the molecule is Cc1ccc(NC(=S)Nc2cccc(SCC(=O)c3ccc4c(c3)OCO4)c2)cc1. The number of hydrogen-bond acceptors (Lipinski definition) is 5. The minimum Gasteiger partial charge on any atom is -0.454 e. The molecule has 3 aromatic carbocycles. The van der Waals surface area contributed by atoms with Crippen LogP contribution < -0.4 is 20.1 Å². The van der Waals surface area contributed by atoms with Crippen LogP contribution in [0.3, 0.4) is 0 Å². The molecule has 1 aliphatic heterocycles. The first-order valence-electron chi connectivity index (χ1n) is 9.37. The van der Waals surface area contributed by atoms with Gasteiger partial charge >= 0.3 is 0 Å². The van der Waals surface area contributed by atoms with Crippen LogP contribution in [-0.4, -0.2) is 23.4 Å². The third kappa shape index (κ3) is 5.11. The Morgan fingerprint density at radius 1 is 0.967 bits per heavy atom. The number of thiocarbonyl (C=S) groups is 1. The molecule has 0 spiro atoms. The van der Waals surface area contributed by atoms with Crippen LogP contribution in [0.25, 0.3) is 0 Å². The van der Waals surface area contributed by atoms with E-state index < -0.39 is 0 Å². The molecule has 0 unspecified atom stereocenters. The number of rotatable bonds is 6. The second-order valence-electron chi connectivity index (χ2n) is 6.75. The second-order valence-corrected chi connectivity index (χ2v) is 8.21. The van der Waals surface area contributed by atoms with Gasteiger partial charge in [-0.05, 0) is 67.7 Å². The van der Waals surface area contributed by atoms with Gasteiger partial charge in [0.2, 0.25) is 6.79 Å². The van der Waals surface area contributed by atoms with Crippen LogP contribution in [0.15, 0.2) is 71.6 Å². The van der Waals surface area contributed by atoms with Gasteiger partial charge in [0.25, 0.3) is 0 Å². The van der Waals surface area contributed by atoms with E-state index in [-0.39, 0.29) is 12.6 Å². The fourth-order valence-corrected chi connectivity index (χ4v) is 3.98. The maximum Gasteiger partial charge on any atom is 0.231 e. The molecule has 0 fully saturated rings. The number of ketones is 1. The number of hydrogen-bond donors (Lipinski definition) is 2. The summed E-state index contributed by atoms with van der Waals surface area (Å²) in [5.41, 5.74) is 3.60. The summed E-state index contributed by atoms with van der Waals surface area (Å²) in [6.45, 7) is 2.24. The van der Waals surface area contributed by atoms with Crippen molar-refractivity contribution in [3.63, 3.8) is 0 Å².